The van der Waals surface area contributed by atoms with Gasteiger partial charge in [0.2, 0.25) is 0 Å². The van der Waals surface area contributed by atoms with Crippen molar-refractivity contribution in [2.45, 2.75) is 25.2 Å². The number of carbonyl (C=O) groups is 1. The summed E-state index contributed by atoms with van der Waals surface area (Å²) in [4.78, 5) is 14.9. The first kappa shape index (κ1) is 12.7. The van der Waals surface area contributed by atoms with Gasteiger partial charge in [0.1, 0.15) is 4.90 Å². The van der Waals surface area contributed by atoms with E-state index < -0.39 is 16.1 Å². The zero-order valence-corrected chi connectivity index (χ0v) is 9.78. The molecular formula is C10H12O5S. The van der Waals surface area contributed by atoms with Crippen LogP contribution in [0.15, 0.2) is 29.2 Å². The van der Waals surface area contributed by atoms with E-state index in [-0.39, 0.29) is 11.3 Å². The average Bonchev–Trinajstić information content (AvgIpc) is 2.26. The molecule has 88 valence electrons. The highest BCUT2D eigenvalue weighted by molar-refractivity contribution is 7.86. The molecule has 1 aromatic carbocycles. The van der Waals surface area contributed by atoms with E-state index in [1.807, 2.05) is 0 Å². The third-order valence-corrected chi connectivity index (χ3v) is 3.11. The van der Waals surface area contributed by atoms with Gasteiger partial charge in [-0.1, -0.05) is 25.1 Å². The van der Waals surface area contributed by atoms with Gasteiger partial charge in [0.25, 0.3) is 0 Å². The van der Waals surface area contributed by atoms with Crippen molar-refractivity contribution in [3.63, 3.8) is 0 Å². The SMILES string of the molecule is CCC(=O)OOS(=O)(=O)c1ccccc1C. The van der Waals surface area contributed by atoms with Gasteiger partial charge in [0.05, 0.1) is 0 Å². The van der Waals surface area contributed by atoms with Gasteiger partial charge < -0.3 is 0 Å². The van der Waals surface area contributed by atoms with Gasteiger partial charge in [0.15, 0.2) is 0 Å². The van der Waals surface area contributed by atoms with E-state index in [0.717, 1.165) is 0 Å². The Morgan fingerprint density at radius 1 is 1.31 bits per heavy atom. The van der Waals surface area contributed by atoms with Crippen molar-refractivity contribution in [3.05, 3.63) is 29.8 Å². The lowest BCUT2D eigenvalue weighted by Gasteiger charge is -2.05. The van der Waals surface area contributed by atoms with Crippen molar-refractivity contribution in [1.82, 2.24) is 0 Å². The molecule has 0 amide bonds. The molecule has 0 heterocycles. The standard InChI is InChI=1S/C10H12O5S/c1-3-10(11)14-15-16(12,13)9-7-5-4-6-8(9)2/h4-7H,3H2,1-2H3. The number of hydrogen-bond donors (Lipinski definition) is 0. The molecule has 0 aromatic heterocycles. The van der Waals surface area contributed by atoms with Gasteiger partial charge in [-0.25, -0.2) is 4.79 Å². The van der Waals surface area contributed by atoms with Crippen LogP contribution >= 0.6 is 0 Å². The molecule has 0 N–H and O–H groups in total. The minimum Gasteiger partial charge on any atom is -0.281 e. The summed E-state index contributed by atoms with van der Waals surface area (Å²) in [6.45, 7) is 3.16. The highest BCUT2D eigenvalue weighted by Crippen LogP contribution is 2.16. The van der Waals surface area contributed by atoms with Gasteiger partial charge in [-0.2, -0.15) is 8.42 Å². The second-order valence-corrected chi connectivity index (χ2v) is 4.58. The topological polar surface area (TPSA) is 69.7 Å². The molecule has 1 aromatic rings. The van der Waals surface area contributed by atoms with Crippen LogP contribution < -0.4 is 0 Å². The first-order valence-corrected chi connectivity index (χ1v) is 6.08. The highest BCUT2D eigenvalue weighted by atomic mass is 32.2. The molecule has 0 saturated heterocycles. The fourth-order valence-corrected chi connectivity index (χ4v) is 1.96. The average molecular weight is 244 g/mol. The van der Waals surface area contributed by atoms with Crippen LogP contribution in [0.25, 0.3) is 0 Å². The normalized spacial score (nSPS) is 11.1. The number of hydrogen-bond acceptors (Lipinski definition) is 5. The molecular weight excluding hydrogens is 232 g/mol. The minimum absolute atomic E-state index is 0.0149. The summed E-state index contributed by atoms with van der Waals surface area (Å²) in [5.74, 6) is -0.739. The molecule has 16 heavy (non-hydrogen) atoms. The fourth-order valence-electron chi connectivity index (χ4n) is 1.02. The van der Waals surface area contributed by atoms with Gasteiger partial charge in [-0.15, -0.1) is 0 Å². The summed E-state index contributed by atoms with van der Waals surface area (Å²) >= 11 is 0. The summed E-state index contributed by atoms with van der Waals surface area (Å²) in [6.07, 6.45) is 0.0449. The molecule has 0 saturated carbocycles. The second-order valence-electron chi connectivity index (χ2n) is 3.10. The summed E-state index contributed by atoms with van der Waals surface area (Å²) in [6, 6.07) is 6.26. The molecule has 0 aliphatic rings. The van der Waals surface area contributed by atoms with Gasteiger partial charge in [-0.3, -0.25) is 4.89 Å². The Kier molecular flexibility index (Phi) is 4.03. The lowest BCUT2D eigenvalue weighted by atomic mass is 10.2. The van der Waals surface area contributed by atoms with Crippen LogP contribution in [0.5, 0.6) is 0 Å². The van der Waals surface area contributed by atoms with Crippen LogP contribution in [0.4, 0.5) is 0 Å². The highest BCUT2D eigenvalue weighted by Gasteiger charge is 2.20. The smallest absolute Gasteiger partial charge is 0.281 e. The van der Waals surface area contributed by atoms with Crippen molar-refractivity contribution in [2.75, 3.05) is 0 Å². The van der Waals surface area contributed by atoms with Crippen LogP contribution in [0.2, 0.25) is 0 Å². The minimum atomic E-state index is -4.04. The third-order valence-electron chi connectivity index (χ3n) is 1.87. The molecule has 0 spiro atoms. The quantitative estimate of drug-likeness (QED) is 0.594. The molecule has 0 fully saturated rings. The summed E-state index contributed by atoms with van der Waals surface area (Å²) < 4.78 is 27.3. The van der Waals surface area contributed by atoms with Gasteiger partial charge >= 0.3 is 16.1 Å². The van der Waals surface area contributed by atoms with E-state index in [9.17, 15) is 13.2 Å². The molecule has 6 heteroatoms. The van der Waals surface area contributed by atoms with E-state index in [1.165, 1.54) is 13.0 Å². The summed E-state index contributed by atoms with van der Waals surface area (Å²) in [7, 11) is -4.04. The Morgan fingerprint density at radius 3 is 2.50 bits per heavy atom. The lowest BCUT2D eigenvalue weighted by molar-refractivity contribution is -0.210. The maximum atomic E-state index is 11.6. The Hall–Kier alpha value is -1.40. The van der Waals surface area contributed by atoms with Crippen molar-refractivity contribution in [3.8, 4) is 0 Å². The molecule has 1 rings (SSSR count). The second kappa shape index (κ2) is 5.09. The molecule has 0 aliphatic carbocycles. The molecule has 0 atom stereocenters. The van der Waals surface area contributed by atoms with Gasteiger partial charge in [-0.05, 0) is 22.9 Å². The Labute approximate surface area is 94.0 Å². The predicted octanol–water partition coefficient (Wildman–Crippen LogP) is 1.57. The van der Waals surface area contributed by atoms with Crippen LogP contribution in [-0.4, -0.2) is 14.4 Å². The Bertz CT molecular complexity index is 478. The number of benzene rings is 1. The van der Waals surface area contributed by atoms with E-state index in [0.29, 0.717) is 5.56 Å². The van der Waals surface area contributed by atoms with Crippen LogP contribution in [0.1, 0.15) is 18.9 Å². The first-order valence-electron chi connectivity index (χ1n) is 4.67. The maximum Gasteiger partial charge on any atom is 0.343 e. The van der Waals surface area contributed by atoms with Crippen molar-refractivity contribution >= 4 is 16.1 Å². The Balaban J connectivity index is 2.87. The number of carbonyl (C=O) groups excluding carboxylic acids is 1. The first-order chi connectivity index (χ1) is 7.47. The molecule has 5 nitrogen and oxygen atoms in total. The fraction of sp³-hybridized carbons (Fsp3) is 0.300. The van der Waals surface area contributed by atoms with Crippen LogP contribution in [0.3, 0.4) is 0 Å². The largest absolute Gasteiger partial charge is 0.343 e. The van der Waals surface area contributed by atoms with Crippen molar-refractivity contribution in [2.24, 2.45) is 0 Å². The van der Waals surface area contributed by atoms with Crippen LogP contribution in [0, 0.1) is 6.92 Å². The number of aryl methyl sites for hydroxylation is 1. The molecule has 0 bridgehead atoms. The maximum absolute atomic E-state index is 11.6. The lowest BCUT2D eigenvalue weighted by Crippen LogP contribution is -2.12. The number of rotatable bonds is 4. The van der Waals surface area contributed by atoms with E-state index in [4.69, 9.17) is 0 Å². The van der Waals surface area contributed by atoms with E-state index in [2.05, 4.69) is 9.22 Å². The van der Waals surface area contributed by atoms with Crippen molar-refractivity contribution in [1.29, 1.82) is 0 Å². The summed E-state index contributed by atoms with van der Waals surface area (Å²) in [5.41, 5.74) is 0.523. The molecule has 0 radical (unpaired) electrons. The van der Waals surface area contributed by atoms with E-state index in [1.54, 1.807) is 25.1 Å². The Morgan fingerprint density at radius 2 is 1.94 bits per heavy atom. The zero-order chi connectivity index (χ0) is 12.2. The molecule has 0 unspecified atom stereocenters. The van der Waals surface area contributed by atoms with Gasteiger partial charge in [0, 0.05) is 6.42 Å². The third kappa shape index (κ3) is 3.04. The monoisotopic (exact) mass is 244 g/mol. The molecule has 0 aliphatic heterocycles. The van der Waals surface area contributed by atoms with E-state index >= 15 is 0 Å². The van der Waals surface area contributed by atoms with Crippen LogP contribution in [-0.2, 0) is 24.1 Å². The zero-order valence-electron chi connectivity index (χ0n) is 8.97. The predicted molar refractivity (Wildman–Crippen MR) is 55.8 cm³/mol. The van der Waals surface area contributed by atoms with Crippen molar-refractivity contribution < 1.29 is 22.4 Å². The summed E-state index contributed by atoms with van der Waals surface area (Å²) in [5, 5.41) is 0.